The molecule has 4 aliphatic rings. The van der Waals surface area contributed by atoms with Crippen molar-refractivity contribution in [3.63, 3.8) is 0 Å². The number of hydrogen-bond donors (Lipinski definition) is 1. The van der Waals surface area contributed by atoms with Crippen molar-refractivity contribution in [3.8, 4) is 11.3 Å². The van der Waals surface area contributed by atoms with Crippen molar-refractivity contribution in [3.05, 3.63) is 34.9 Å². The Morgan fingerprint density at radius 2 is 1.80 bits per heavy atom. The third-order valence-corrected chi connectivity index (χ3v) is 7.19. The smallest absolute Gasteiger partial charge is 0.226 e. The monoisotopic (exact) mass is 353 g/mol. The third-order valence-electron chi connectivity index (χ3n) is 6.50. The first-order valence-electron chi connectivity index (χ1n) is 9.33. The van der Waals surface area contributed by atoms with E-state index >= 15 is 0 Å². The predicted molar refractivity (Wildman–Crippen MR) is 97.8 cm³/mol. The second-order valence-corrected chi connectivity index (χ2v) is 9.02. The number of nitrogens with zero attached hydrogens (tertiary/aromatic N) is 2. The number of rotatable bonds is 4. The van der Waals surface area contributed by atoms with Crippen LogP contribution in [0.2, 0.25) is 0 Å². The highest BCUT2D eigenvalue weighted by Gasteiger charge is 2.54. The average Bonchev–Trinajstić information content (AvgIpc) is 3.13. The van der Waals surface area contributed by atoms with Gasteiger partial charge in [0.1, 0.15) is 0 Å². The molecule has 4 nitrogen and oxygen atoms in total. The van der Waals surface area contributed by atoms with Crippen LogP contribution in [0.4, 0.5) is 0 Å². The summed E-state index contributed by atoms with van der Waals surface area (Å²) in [5.41, 5.74) is 2.73. The summed E-state index contributed by atoms with van der Waals surface area (Å²) in [7, 11) is 0. The minimum atomic E-state index is -0.0977. The molecule has 1 N–H and O–H groups in total. The molecular formula is C20H23N3OS. The summed E-state index contributed by atoms with van der Waals surface area (Å²) in [6.07, 6.45) is 10.8. The fourth-order valence-corrected chi connectivity index (χ4v) is 6.52. The van der Waals surface area contributed by atoms with E-state index in [0.29, 0.717) is 6.54 Å². The fourth-order valence-electron chi connectivity index (χ4n) is 5.88. The van der Waals surface area contributed by atoms with Gasteiger partial charge in [-0.3, -0.25) is 14.8 Å². The summed E-state index contributed by atoms with van der Waals surface area (Å²) in [5.74, 6) is 2.62. The molecule has 0 unspecified atom stereocenters. The number of hydrogen-bond acceptors (Lipinski definition) is 4. The van der Waals surface area contributed by atoms with Crippen LogP contribution < -0.4 is 5.32 Å². The lowest BCUT2D eigenvalue weighted by molar-refractivity contribution is -0.146. The van der Waals surface area contributed by atoms with Crippen molar-refractivity contribution in [1.82, 2.24) is 15.3 Å². The topological polar surface area (TPSA) is 54.9 Å². The first-order valence-corrected chi connectivity index (χ1v) is 10.3. The number of amides is 1. The number of aromatic nitrogens is 2. The zero-order valence-electron chi connectivity index (χ0n) is 14.3. The Balaban J connectivity index is 1.33. The molecule has 0 radical (unpaired) electrons. The standard InChI is InChI=1S/C20H23N3OS/c24-19(20-8-13-5-14(9-20)7-15(6-13)10-20)23-11-17-18(22-3-2-21-17)16-1-4-25-12-16/h1-4,12-15H,5-11H2,(H,23,24). The summed E-state index contributed by atoms with van der Waals surface area (Å²) in [6.45, 7) is 0.472. The molecule has 4 aliphatic carbocycles. The minimum absolute atomic E-state index is 0.0977. The summed E-state index contributed by atoms with van der Waals surface area (Å²) < 4.78 is 0. The van der Waals surface area contributed by atoms with E-state index in [9.17, 15) is 4.79 Å². The van der Waals surface area contributed by atoms with Crippen molar-refractivity contribution >= 4 is 17.2 Å². The van der Waals surface area contributed by atoms with Crippen LogP contribution in [-0.4, -0.2) is 15.9 Å². The van der Waals surface area contributed by atoms with Crippen molar-refractivity contribution in [2.24, 2.45) is 23.2 Å². The van der Waals surface area contributed by atoms with Crippen molar-refractivity contribution in [1.29, 1.82) is 0 Å². The number of carbonyl (C=O) groups is 1. The highest BCUT2D eigenvalue weighted by molar-refractivity contribution is 7.08. The molecule has 0 spiro atoms. The number of nitrogens with one attached hydrogen (secondary N) is 1. The van der Waals surface area contributed by atoms with Crippen LogP contribution in [-0.2, 0) is 11.3 Å². The van der Waals surface area contributed by atoms with Gasteiger partial charge in [-0.25, -0.2) is 0 Å². The second kappa shape index (κ2) is 5.90. The Bertz CT molecular complexity index is 751. The molecule has 6 rings (SSSR count). The van der Waals surface area contributed by atoms with Crippen LogP contribution in [0.15, 0.2) is 29.2 Å². The number of carbonyl (C=O) groups excluding carboxylic acids is 1. The molecule has 25 heavy (non-hydrogen) atoms. The fraction of sp³-hybridized carbons (Fsp3) is 0.550. The van der Waals surface area contributed by atoms with E-state index < -0.39 is 0 Å². The van der Waals surface area contributed by atoms with E-state index in [1.54, 1.807) is 23.7 Å². The van der Waals surface area contributed by atoms with E-state index in [2.05, 4.69) is 26.7 Å². The van der Waals surface area contributed by atoms with Gasteiger partial charge < -0.3 is 5.32 Å². The van der Waals surface area contributed by atoms with Crippen molar-refractivity contribution in [2.75, 3.05) is 0 Å². The lowest BCUT2D eigenvalue weighted by Gasteiger charge is -2.55. The normalized spacial score (nSPS) is 32.7. The van der Waals surface area contributed by atoms with Crippen LogP contribution in [0.3, 0.4) is 0 Å². The van der Waals surface area contributed by atoms with Crippen molar-refractivity contribution < 1.29 is 4.79 Å². The molecule has 2 heterocycles. The van der Waals surface area contributed by atoms with Gasteiger partial charge >= 0.3 is 0 Å². The molecule has 0 aliphatic heterocycles. The quantitative estimate of drug-likeness (QED) is 0.902. The van der Waals surface area contributed by atoms with Crippen LogP contribution in [0.5, 0.6) is 0 Å². The zero-order valence-corrected chi connectivity index (χ0v) is 15.1. The van der Waals surface area contributed by atoms with Gasteiger partial charge in [0.2, 0.25) is 5.91 Å². The third kappa shape index (κ3) is 2.69. The molecule has 2 aromatic rings. The SMILES string of the molecule is O=C(NCc1nccnc1-c1ccsc1)C12CC3CC(CC(C3)C1)C2. The van der Waals surface area contributed by atoms with Crippen LogP contribution in [0.1, 0.15) is 44.2 Å². The lowest BCUT2D eigenvalue weighted by atomic mass is 9.49. The maximum atomic E-state index is 13.1. The highest BCUT2D eigenvalue weighted by atomic mass is 32.1. The lowest BCUT2D eigenvalue weighted by Crippen LogP contribution is -2.53. The Morgan fingerprint density at radius 1 is 1.12 bits per heavy atom. The molecular weight excluding hydrogens is 330 g/mol. The van der Waals surface area contributed by atoms with Gasteiger partial charge in [-0.05, 0) is 67.7 Å². The molecule has 1 amide bonds. The van der Waals surface area contributed by atoms with Gasteiger partial charge in [0.25, 0.3) is 0 Å². The van der Waals surface area contributed by atoms with Crippen LogP contribution in [0, 0.1) is 23.2 Å². The van der Waals surface area contributed by atoms with E-state index in [4.69, 9.17) is 0 Å². The maximum Gasteiger partial charge on any atom is 0.226 e. The Kier molecular flexibility index (Phi) is 3.66. The largest absolute Gasteiger partial charge is 0.350 e. The molecule has 0 atom stereocenters. The first-order chi connectivity index (χ1) is 12.2. The van der Waals surface area contributed by atoms with Gasteiger partial charge in [-0.15, -0.1) is 0 Å². The molecule has 4 bridgehead atoms. The molecule has 0 saturated heterocycles. The minimum Gasteiger partial charge on any atom is -0.350 e. The van der Waals surface area contributed by atoms with Gasteiger partial charge in [-0.1, -0.05) is 0 Å². The molecule has 4 saturated carbocycles. The summed E-state index contributed by atoms with van der Waals surface area (Å²) in [6, 6.07) is 2.05. The Labute approximate surface area is 152 Å². The molecule has 4 fully saturated rings. The first kappa shape index (κ1) is 15.5. The van der Waals surface area contributed by atoms with E-state index in [-0.39, 0.29) is 11.3 Å². The second-order valence-electron chi connectivity index (χ2n) is 8.24. The van der Waals surface area contributed by atoms with E-state index in [0.717, 1.165) is 54.0 Å². The Hall–Kier alpha value is -1.75. The van der Waals surface area contributed by atoms with Crippen molar-refractivity contribution in [2.45, 2.75) is 45.1 Å². The maximum absolute atomic E-state index is 13.1. The number of thiophene rings is 1. The Morgan fingerprint density at radius 3 is 2.44 bits per heavy atom. The predicted octanol–water partition coefficient (Wildman–Crippen LogP) is 4.04. The van der Waals surface area contributed by atoms with Crippen LogP contribution >= 0.6 is 11.3 Å². The van der Waals surface area contributed by atoms with Gasteiger partial charge in [0.15, 0.2) is 0 Å². The summed E-state index contributed by atoms with van der Waals surface area (Å²) >= 11 is 1.65. The molecule has 2 aromatic heterocycles. The molecule has 0 aromatic carbocycles. The zero-order chi connectivity index (χ0) is 16.9. The summed E-state index contributed by atoms with van der Waals surface area (Å²) in [5, 5.41) is 7.34. The van der Waals surface area contributed by atoms with Gasteiger partial charge in [0, 0.05) is 28.8 Å². The van der Waals surface area contributed by atoms with E-state index in [1.807, 2.05) is 5.38 Å². The molecule has 5 heteroatoms. The highest BCUT2D eigenvalue weighted by Crippen LogP contribution is 2.60. The summed E-state index contributed by atoms with van der Waals surface area (Å²) in [4.78, 5) is 22.1. The average molecular weight is 353 g/mol. The van der Waals surface area contributed by atoms with Crippen LogP contribution in [0.25, 0.3) is 11.3 Å². The van der Waals surface area contributed by atoms with E-state index in [1.165, 1.54) is 19.3 Å². The van der Waals surface area contributed by atoms with Gasteiger partial charge in [0.05, 0.1) is 17.9 Å². The molecule has 130 valence electrons. The van der Waals surface area contributed by atoms with Gasteiger partial charge in [-0.2, -0.15) is 11.3 Å².